The van der Waals surface area contributed by atoms with Crippen molar-refractivity contribution >= 4 is 11.0 Å². The Kier molecular flexibility index (Phi) is 6.64. The Hall–Kier alpha value is -2.26. The molecule has 0 spiro atoms. The zero-order chi connectivity index (χ0) is 22.7. The highest BCUT2D eigenvalue weighted by Gasteiger charge is 2.28. The maximum absolute atomic E-state index is 5.54. The van der Waals surface area contributed by atoms with Gasteiger partial charge in [0.15, 0.2) is 0 Å². The number of rotatable bonds is 6. The van der Waals surface area contributed by atoms with Gasteiger partial charge >= 0.3 is 0 Å². The van der Waals surface area contributed by atoms with E-state index in [0.29, 0.717) is 5.92 Å². The Morgan fingerprint density at radius 2 is 1.68 bits per heavy atom. The van der Waals surface area contributed by atoms with Gasteiger partial charge in [0.05, 0.1) is 39.2 Å². The standard InChI is InChI=1S/C26H36N6O2/c1-3-23(31-9-13-34-14-10-31)4-2-20(1)21-15-24-25(18-28-26(24)27-16-21)22-17-29-32(19-22)6-5-30-7-11-33-12-8-30/h15-20,23H,1-14H2,(H,27,28)/t20-,23+. The summed E-state index contributed by atoms with van der Waals surface area (Å²) < 4.78 is 13.1. The van der Waals surface area contributed by atoms with Crippen LogP contribution in [0.5, 0.6) is 0 Å². The third-order valence-corrected chi connectivity index (χ3v) is 7.98. The average molecular weight is 465 g/mol. The molecule has 8 heteroatoms. The molecule has 0 amide bonds. The topological polar surface area (TPSA) is 71.4 Å². The van der Waals surface area contributed by atoms with Crippen molar-refractivity contribution < 1.29 is 9.47 Å². The fourth-order valence-corrected chi connectivity index (χ4v) is 5.89. The molecule has 0 bridgehead atoms. The zero-order valence-electron chi connectivity index (χ0n) is 20.0. The summed E-state index contributed by atoms with van der Waals surface area (Å²) in [6, 6.07) is 3.10. The van der Waals surface area contributed by atoms with E-state index < -0.39 is 0 Å². The quantitative estimate of drug-likeness (QED) is 0.605. The van der Waals surface area contributed by atoms with Crippen LogP contribution >= 0.6 is 0 Å². The van der Waals surface area contributed by atoms with Crippen molar-refractivity contribution in [3.05, 3.63) is 36.4 Å². The van der Waals surface area contributed by atoms with Gasteiger partial charge in [-0.05, 0) is 43.2 Å². The van der Waals surface area contributed by atoms with Gasteiger partial charge < -0.3 is 14.5 Å². The van der Waals surface area contributed by atoms with Gasteiger partial charge in [-0.3, -0.25) is 14.5 Å². The zero-order valence-corrected chi connectivity index (χ0v) is 20.0. The van der Waals surface area contributed by atoms with Crippen LogP contribution in [0.15, 0.2) is 30.9 Å². The molecule has 1 aliphatic carbocycles. The van der Waals surface area contributed by atoms with Gasteiger partial charge in [-0.25, -0.2) is 4.98 Å². The van der Waals surface area contributed by atoms with E-state index in [4.69, 9.17) is 14.5 Å². The number of ether oxygens (including phenoxy) is 2. The molecule has 3 aromatic heterocycles. The Bertz CT molecular complexity index is 1070. The number of nitrogens with one attached hydrogen (secondary N) is 1. The molecular formula is C26H36N6O2. The summed E-state index contributed by atoms with van der Waals surface area (Å²) in [5, 5.41) is 5.85. The van der Waals surface area contributed by atoms with Crippen LogP contribution < -0.4 is 0 Å². The summed E-state index contributed by atoms with van der Waals surface area (Å²) in [6.45, 7) is 9.58. The van der Waals surface area contributed by atoms with E-state index in [-0.39, 0.29) is 0 Å². The van der Waals surface area contributed by atoms with E-state index in [1.165, 1.54) is 42.2 Å². The van der Waals surface area contributed by atoms with Crippen LogP contribution in [0.25, 0.3) is 22.2 Å². The number of nitrogens with zero attached hydrogens (tertiary/aromatic N) is 5. The first-order valence-electron chi connectivity index (χ1n) is 13.0. The van der Waals surface area contributed by atoms with Gasteiger partial charge in [-0.15, -0.1) is 0 Å². The van der Waals surface area contributed by atoms with Crippen LogP contribution in [0.4, 0.5) is 0 Å². The summed E-state index contributed by atoms with van der Waals surface area (Å²) in [5.74, 6) is 0.605. The number of aromatic nitrogens is 4. The number of pyridine rings is 1. The lowest BCUT2D eigenvalue weighted by molar-refractivity contribution is 0.00729. The fourth-order valence-electron chi connectivity index (χ4n) is 5.89. The van der Waals surface area contributed by atoms with E-state index in [9.17, 15) is 0 Å². The second-order valence-corrected chi connectivity index (χ2v) is 9.97. The fraction of sp³-hybridized carbons (Fsp3) is 0.615. The van der Waals surface area contributed by atoms with Crippen molar-refractivity contribution in [2.75, 3.05) is 59.2 Å². The van der Waals surface area contributed by atoms with Crippen LogP contribution in [0.2, 0.25) is 0 Å². The highest BCUT2D eigenvalue weighted by atomic mass is 16.5. The summed E-state index contributed by atoms with van der Waals surface area (Å²) in [4.78, 5) is 13.2. The van der Waals surface area contributed by atoms with Gasteiger partial charge in [0.25, 0.3) is 0 Å². The molecule has 3 fully saturated rings. The van der Waals surface area contributed by atoms with Crippen molar-refractivity contribution in [3.63, 3.8) is 0 Å². The first-order chi connectivity index (χ1) is 16.8. The molecule has 0 unspecified atom stereocenters. The van der Waals surface area contributed by atoms with Crippen LogP contribution in [-0.4, -0.2) is 94.7 Å². The Morgan fingerprint density at radius 1 is 0.912 bits per heavy atom. The summed E-state index contributed by atoms with van der Waals surface area (Å²) in [5.41, 5.74) is 4.70. The van der Waals surface area contributed by atoms with Gasteiger partial charge in [-0.2, -0.15) is 5.10 Å². The first-order valence-corrected chi connectivity index (χ1v) is 13.0. The van der Waals surface area contributed by atoms with Gasteiger partial charge in [0.1, 0.15) is 5.65 Å². The number of fused-ring (bicyclic) bond motifs is 1. The Balaban J connectivity index is 1.13. The van der Waals surface area contributed by atoms with Crippen LogP contribution in [0, 0.1) is 0 Å². The van der Waals surface area contributed by atoms with Crippen molar-refractivity contribution in [2.45, 2.75) is 44.2 Å². The molecule has 5 heterocycles. The predicted molar refractivity (Wildman–Crippen MR) is 132 cm³/mol. The predicted octanol–water partition coefficient (Wildman–Crippen LogP) is 3.12. The molecule has 8 nitrogen and oxygen atoms in total. The summed E-state index contributed by atoms with van der Waals surface area (Å²) in [6.07, 6.45) is 13.4. The van der Waals surface area contributed by atoms with Crippen LogP contribution in [-0.2, 0) is 16.0 Å². The molecule has 1 saturated carbocycles. The van der Waals surface area contributed by atoms with E-state index in [1.807, 2.05) is 6.20 Å². The molecule has 6 rings (SSSR count). The second-order valence-electron chi connectivity index (χ2n) is 9.97. The third kappa shape index (κ3) is 4.77. The number of aromatic amines is 1. The molecule has 2 saturated heterocycles. The lowest BCUT2D eigenvalue weighted by atomic mass is 9.81. The minimum atomic E-state index is 0.605. The lowest BCUT2D eigenvalue weighted by Crippen LogP contribution is -2.44. The number of morpholine rings is 2. The minimum Gasteiger partial charge on any atom is -0.379 e. The van der Waals surface area contributed by atoms with Crippen molar-refractivity contribution in [1.82, 2.24) is 29.5 Å². The minimum absolute atomic E-state index is 0.605. The maximum atomic E-state index is 5.54. The maximum Gasteiger partial charge on any atom is 0.137 e. The smallest absolute Gasteiger partial charge is 0.137 e. The van der Waals surface area contributed by atoms with Gasteiger partial charge in [-0.1, -0.05) is 0 Å². The first kappa shape index (κ1) is 22.2. The van der Waals surface area contributed by atoms with Crippen molar-refractivity contribution in [3.8, 4) is 11.1 Å². The molecule has 3 aromatic rings. The molecule has 2 aliphatic heterocycles. The number of hydrogen-bond acceptors (Lipinski definition) is 6. The van der Waals surface area contributed by atoms with E-state index >= 15 is 0 Å². The molecule has 0 aromatic carbocycles. The van der Waals surface area contributed by atoms with E-state index in [2.05, 4.69) is 49.2 Å². The normalized spacial score (nSPS) is 25.2. The SMILES string of the molecule is c1nn(CCN2CCOCC2)cc1-c1c[nH]c2ncc([C@H]3CC[C@@H](N4CCOCC4)CC3)cc12. The lowest BCUT2D eigenvalue weighted by Gasteiger charge is -2.38. The van der Waals surface area contributed by atoms with Gasteiger partial charge in [0, 0.05) is 73.9 Å². The Labute approximate surface area is 201 Å². The monoisotopic (exact) mass is 464 g/mol. The van der Waals surface area contributed by atoms with Crippen LogP contribution in [0.3, 0.4) is 0 Å². The third-order valence-electron chi connectivity index (χ3n) is 7.98. The largest absolute Gasteiger partial charge is 0.379 e. The molecule has 0 radical (unpaired) electrons. The average Bonchev–Trinajstić information content (AvgIpc) is 3.55. The molecule has 182 valence electrons. The molecular weight excluding hydrogens is 428 g/mol. The summed E-state index contributed by atoms with van der Waals surface area (Å²) >= 11 is 0. The molecule has 1 N–H and O–H groups in total. The summed E-state index contributed by atoms with van der Waals surface area (Å²) in [7, 11) is 0. The number of H-pyrrole nitrogens is 1. The van der Waals surface area contributed by atoms with E-state index in [0.717, 1.165) is 82.9 Å². The van der Waals surface area contributed by atoms with E-state index in [1.54, 1.807) is 0 Å². The second kappa shape index (κ2) is 10.2. The molecule has 3 aliphatic rings. The molecule has 34 heavy (non-hydrogen) atoms. The van der Waals surface area contributed by atoms with Crippen LogP contribution in [0.1, 0.15) is 37.2 Å². The molecule has 0 atom stereocenters. The highest BCUT2D eigenvalue weighted by Crippen LogP contribution is 2.37. The Morgan fingerprint density at radius 3 is 2.47 bits per heavy atom. The highest BCUT2D eigenvalue weighted by molar-refractivity contribution is 5.93. The van der Waals surface area contributed by atoms with Gasteiger partial charge in [0.2, 0.25) is 0 Å². The van der Waals surface area contributed by atoms with Crippen molar-refractivity contribution in [1.29, 1.82) is 0 Å². The number of hydrogen-bond donors (Lipinski definition) is 1. The van der Waals surface area contributed by atoms with Crippen molar-refractivity contribution in [2.24, 2.45) is 0 Å².